The maximum atomic E-state index is 9.20. The first-order valence-electron chi connectivity index (χ1n) is 12.6. The first-order valence-corrected chi connectivity index (χ1v) is 12.6. The van der Waals surface area contributed by atoms with Crippen molar-refractivity contribution in [1.29, 1.82) is 0 Å². The topological polar surface area (TPSA) is 64.5 Å². The molecule has 1 aliphatic carbocycles. The zero-order chi connectivity index (χ0) is 22.2. The third kappa shape index (κ3) is 4.12. The Morgan fingerprint density at radius 3 is 2.42 bits per heavy atom. The highest BCUT2D eigenvalue weighted by atomic mass is 16.3. The Balaban J connectivity index is 1.27. The number of aromatic nitrogens is 2. The molecule has 33 heavy (non-hydrogen) atoms. The highest BCUT2D eigenvalue weighted by molar-refractivity contribution is 5.92. The molecular weight excluding hydrogens is 410 g/mol. The van der Waals surface area contributed by atoms with Crippen LogP contribution in [0, 0.1) is 0 Å². The standard InChI is InChI=1S/C27H33N5O/c33-17-12-28-21-8-9-24-23(18-21)27(30-26(29-24)20-6-7-20)32-15-10-19(11-16-32)22-4-1-2-5-25(22)31-13-3-14-31/h1-2,4-5,8-9,18-20,28,33H,3,6-7,10-17H2. The van der Waals surface area contributed by atoms with Crippen molar-refractivity contribution in [2.45, 2.75) is 43.9 Å². The average Bonchev–Trinajstić information content (AvgIpc) is 3.67. The summed E-state index contributed by atoms with van der Waals surface area (Å²) in [6.45, 7) is 5.09. The summed E-state index contributed by atoms with van der Waals surface area (Å²) in [6, 6.07) is 15.3. The molecule has 3 aromatic rings. The van der Waals surface area contributed by atoms with E-state index >= 15 is 0 Å². The van der Waals surface area contributed by atoms with Gasteiger partial charge in [-0.2, -0.15) is 0 Å². The summed E-state index contributed by atoms with van der Waals surface area (Å²) >= 11 is 0. The molecule has 3 aliphatic rings. The highest BCUT2D eigenvalue weighted by Crippen LogP contribution is 2.42. The molecule has 1 aromatic heterocycles. The molecule has 1 saturated carbocycles. The molecule has 2 saturated heterocycles. The molecule has 0 radical (unpaired) electrons. The lowest BCUT2D eigenvalue weighted by molar-refractivity contribution is 0.311. The van der Waals surface area contributed by atoms with E-state index in [4.69, 9.17) is 9.97 Å². The third-order valence-corrected chi connectivity index (χ3v) is 7.44. The smallest absolute Gasteiger partial charge is 0.140 e. The van der Waals surface area contributed by atoms with E-state index in [0.717, 1.165) is 54.2 Å². The predicted molar refractivity (Wildman–Crippen MR) is 135 cm³/mol. The summed E-state index contributed by atoms with van der Waals surface area (Å²) in [4.78, 5) is 15.0. The number of aliphatic hydroxyl groups excluding tert-OH is 1. The predicted octanol–water partition coefficient (Wildman–Crippen LogP) is 4.51. The molecule has 0 spiro atoms. The Hall–Kier alpha value is -2.86. The van der Waals surface area contributed by atoms with Crippen molar-refractivity contribution in [2.75, 3.05) is 54.4 Å². The molecular formula is C27H33N5O. The van der Waals surface area contributed by atoms with Crippen LogP contribution in [0.2, 0.25) is 0 Å². The fourth-order valence-corrected chi connectivity index (χ4v) is 5.29. The van der Waals surface area contributed by atoms with Crippen LogP contribution in [0.4, 0.5) is 17.2 Å². The number of anilines is 3. The van der Waals surface area contributed by atoms with Crippen LogP contribution in [-0.2, 0) is 0 Å². The summed E-state index contributed by atoms with van der Waals surface area (Å²) in [7, 11) is 0. The van der Waals surface area contributed by atoms with Crippen molar-refractivity contribution in [2.24, 2.45) is 0 Å². The van der Waals surface area contributed by atoms with Crippen molar-refractivity contribution in [3.8, 4) is 0 Å². The van der Waals surface area contributed by atoms with Gasteiger partial charge in [0.15, 0.2) is 0 Å². The molecule has 3 heterocycles. The fourth-order valence-electron chi connectivity index (χ4n) is 5.29. The fraction of sp³-hybridized carbons (Fsp3) is 0.481. The molecule has 0 amide bonds. The van der Waals surface area contributed by atoms with E-state index in [9.17, 15) is 5.11 Å². The zero-order valence-corrected chi connectivity index (χ0v) is 19.2. The minimum absolute atomic E-state index is 0.119. The van der Waals surface area contributed by atoms with E-state index in [-0.39, 0.29) is 6.61 Å². The number of nitrogens with zero attached hydrogens (tertiary/aromatic N) is 4. The van der Waals surface area contributed by atoms with Crippen LogP contribution in [0.15, 0.2) is 42.5 Å². The second kappa shape index (κ2) is 8.82. The van der Waals surface area contributed by atoms with Crippen LogP contribution in [0.3, 0.4) is 0 Å². The van der Waals surface area contributed by atoms with Crippen molar-refractivity contribution in [1.82, 2.24) is 9.97 Å². The Labute approximate surface area is 195 Å². The summed E-state index contributed by atoms with van der Waals surface area (Å²) < 4.78 is 0. The molecule has 6 nitrogen and oxygen atoms in total. The number of benzene rings is 2. The molecule has 0 unspecified atom stereocenters. The molecule has 0 atom stereocenters. The lowest BCUT2D eigenvalue weighted by Crippen LogP contribution is -2.39. The molecule has 2 N–H and O–H groups in total. The van der Waals surface area contributed by atoms with Gasteiger partial charge in [-0.05, 0) is 67.9 Å². The van der Waals surface area contributed by atoms with Gasteiger partial charge in [0.25, 0.3) is 0 Å². The minimum Gasteiger partial charge on any atom is -0.395 e. The van der Waals surface area contributed by atoms with Gasteiger partial charge in [0.1, 0.15) is 11.6 Å². The number of aliphatic hydroxyl groups is 1. The van der Waals surface area contributed by atoms with E-state index < -0.39 is 0 Å². The van der Waals surface area contributed by atoms with Crippen molar-refractivity contribution in [3.05, 3.63) is 53.9 Å². The van der Waals surface area contributed by atoms with Crippen LogP contribution in [0.25, 0.3) is 10.9 Å². The van der Waals surface area contributed by atoms with Gasteiger partial charge < -0.3 is 20.2 Å². The van der Waals surface area contributed by atoms with Crippen LogP contribution in [-0.4, -0.2) is 54.4 Å². The van der Waals surface area contributed by atoms with Crippen LogP contribution < -0.4 is 15.1 Å². The normalized spacial score (nSPS) is 19.1. The minimum atomic E-state index is 0.119. The second-order valence-electron chi connectivity index (χ2n) is 9.72. The van der Waals surface area contributed by atoms with Gasteiger partial charge in [0, 0.05) is 55.4 Å². The number of hydrogen-bond acceptors (Lipinski definition) is 6. The molecule has 172 valence electrons. The number of nitrogens with one attached hydrogen (secondary N) is 1. The average molecular weight is 444 g/mol. The molecule has 0 bridgehead atoms. The number of para-hydroxylation sites is 1. The van der Waals surface area contributed by atoms with E-state index in [1.165, 1.54) is 43.6 Å². The van der Waals surface area contributed by atoms with Crippen LogP contribution >= 0.6 is 0 Å². The van der Waals surface area contributed by atoms with Crippen molar-refractivity contribution in [3.63, 3.8) is 0 Å². The lowest BCUT2D eigenvalue weighted by Gasteiger charge is -2.38. The van der Waals surface area contributed by atoms with E-state index in [1.807, 2.05) is 0 Å². The lowest BCUT2D eigenvalue weighted by atomic mass is 9.87. The van der Waals surface area contributed by atoms with Gasteiger partial charge in [-0.25, -0.2) is 9.97 Å². The van der Waals surface area contributed by atoms with Crippen molar-refractivity contribution >= 4 is 28.1 Å². The van der Waals surface area contributed by atoms with Crippen molar-refractivity contribution < 1.29 is 5.11 Å². The van der Waals surface area contributed by atoms with Gasteiger partial charge in [-0.15, -0.1) is 0 Å². The molecule has 3 fully saturated rings. The van der Waals surface area contributed by atoms with Gasteiger partial charge in [-0.1, -0.05) is 18.2 Å². The Morgan fingerprint density at radius 2 is 1.70 bits per heavy atom. The molecule has 6 rings (SSSR count). The zero-order valence-electron chi connectivity index (χ0n) is 19.2. The SMILES string of the molecule is OCCNc1ccc2nc(C3CC3)nc(N3CCC(c4ccccc4N4CCC4)CC3)c2c1. The van der Waals surface area contributed by atoms with E-state index in [2.05, 4.69) is 57.6 Å². The number of rotatable bonds is 7. The van der Waals surface area contributed by atoms with Crippen LogP contribution in [0.5, 0.6) is 0 Å². The number of hydrogen-bond donors (Lipinski definition) is 2. The summed E-state index contributed by atoms with van der Waals surface area (Å²) in [5, 5.41) is 13.6. The summed E-state index contributed by atoms with van der Waals surface area (Å²) in [5.41, 5.74) is 5.02. The largest absolute Gasteiger partial charge is 0.395 e. The highest BCUT2D eigenvalue weighted by Gasteiger charge is 2.30. The summed E-state index contributed by atoms with van der Waals surface area (Å²) in [5.74, 6) is 3.24. The molecule has 2 aromatic carbocycles. The van der Waals surface area contributed by atoms with Crippen LogP contribution in [0.1, 0.15) is 55.3 Å². The Kier molecular flexibility index (Phi) is 5.54. The Morgan fingerprint density at radius 1 is 0.879 bits per heavy atom. The molecule has 2 aliphatic heterocycles. The number of piperidine rings is 1. The van der Waals surface area contributed by atoms with Gasteiger partial charge in [-0.3, -0.25) is 0 Å². The third-order valence-electron chi connectivity index (χ3n) is 7.44. The van der Waals surface area contributed by atoms with Gasteiger partial charge in [0.2, 0.25) is 0 Å². The van der Waals surface area contributed by atoms with Gasteiger partial charge >= 0.3 is 0 Å². The first-order chi connectivity index (χ1) is 16.3. The maximum Gasteiger partial charge on any atom is 0.140 e. The molecule has 6 heteroatoms. The Bertz CT molecular complexity index is 1130. The monoisotopic (exact) mass is 443 g/mol. The first kappa shape index (κ1) is 20.7. The summed E-state index contributed by atoms with van der Waals surface area (Å²) in [6.07, 6.45) is 6.02. The number of fused-ring (bicyclic) bond motifs is 1. The quantitative estimate of drug-likeness (QED) is 0.560. The van der Waals surface area contributed by atoms with E-state index in [0.29, 0.717) is 18.4 Å². The van der Waals surface area contributed by atoms with Gasteiger partial charge in [0.05, 0.1) is 12.1 Å². The maximum absolute atomic E-state index is 9.20. The second-order valence-corrected chi connectivity index (χ2v) is 9.72. The van der Waals surface area contributed by atoms with E-state index in [1.54, 1.807) is 0 Å².